The first-order valence-electron chi connectivity index (χ1n) is 10.5. The van der Waals surface area contributed by atoms with Crippen molar-refractivity contribution in [2.45, 2.75) is 39.9 Å². The van der Waals surface area contributed by atoms with Crippen LogP contribution in [-0.4, -0.2) is 29.2 Å². The van der Waals surface area contributed by atoms with Crippen molar-refractivity contribution < 1.29 is 23.5 Å². The summed E-state index contributed by atoms with van der Waals surface area (Å²) < 4.78 is 17.8. The van der Waals surface area contributed by atoms with Crippen LogP contribution >= 0.6 is 0 Å². The largest absolute Gasteiger partial charge is 0.467 e. The highest BCUT2D eigenvalue weighted by molar-refractivity contribution is 6.00. The van der Waals surface area contributed by atoms with E-state index in [2.05, 4.69) is 10.6 Å². The summed E-state index contributed by atoms with van der Waals surface area (Å²) in [5, 5.41) is 5.83. The average molecular weight is 439 g/mol. The Bertz CT molecular complexity index is 1210. The van der Waals surface area contributed by atoms with Crippen molar-refractivity contribution in [3.05, 3.63) is 58.3 Å². The van der Waals surface area contributed by atoms with Crippen LogP contribution in [0.3, 0.4) is 0 Å². The number of fused-ring (bicyclic) bond motifs is 2. The molecule has 32 heavy (non-hydrogen) atoms. The van der Waals surface area contributed by atoms with Crippen LogP contribution in [0.25, 0.3) is 10.9 Å². The molecule has 1 aliphatic rings. The van der Waals surface area contributed by atoms with E-state index in [-0.39, 0.29) is 30.7 Å². The van der Waals surface area contributed by atoms with Crippen molar-refractivity contribution in [2.75, 3.05) is 6.79 Å². The lowest BCUT2D eigenvalue weighted by molar-refractivity contribution is -0.124. The minimum atomic E-state index is -0.820. The smallest absolute Gasteiger partial charge is 0.257 e. The van der Waals surface area contributed by atoms with Gasteiger partial charge in [0, 0.05) is 18.8 Å². The summed E-state index contributed by atoms with van der Waals surface area (Å²) in [5.74, 6) is 0.467. The summed E-state index contributed by atoms with van der Waals surface area (Å²) in [6.45, 7) is 6.38. The van der Waals surface area contributed by atoms with Gasteiger partial charge in [0.25, 0.3) is 5.91 Å². The molecule has 0 bridgehead atoms. The van der Waals surface area contributed by atoms with Crippen LogP contribution in [0.4, 0.5) is 0 Å². The maximum Gasteiger partial charge on any atom is 0.257 e. The highest BCUT2D eigenvalue weighted by Crippen LogP contribution is 2.35. The Morgan fingerprint density at radius 2 is 1.94 bits per heavy atom. The fourth-order valence-corrected chi connectivity index (χ4v) is 3.65. The summed E-state index contributed by atoms with van der Waals surface area (Å²) in [5.41, 5.74) is 0.177. The minimum absolute atomic E-state index is 0.0392. The Kier molecular flexibility index (Phi) is 5.89. The number of hydrogen-bond acceptors (Lipinski definition) is 6. The average Bonchev–Trinajstić information content (AvgIpc) is 3.46. The van der Waals surface area contributed by atoms with Crippen LogP contribution in [0.5, 0.6) is 11.5 Å². The minimum Gasteiger partial charge on any atom is -0.467 e. The number of ether oxygens (including phenoxy) is 2. The van der Waals surface area contributed by atoms with Gasteiger partial charge in [-0.3, -0.25) is 14.4 Å². The Balaban J connectivity index is 1.61. The van der Waals surface area contributed by atoms with Gasteiger partial charge in [-0.1, -0.05) is 13.8 Å². The first-order chi connectivity index (χ1) is 15.4. The van der Waals surface area contributed by atoms with Crippen LogP contribution in [0.1, 0.15) is 36.9 Å². The molecule has 1 aliphatic heterocycles. The molecular formula is C23H25N3O6. The van der Waals surface area contributed by atoms with Gasteiger partial charge in [-0.25, -0.2) is 0 Å². The molecule has 0 radical (unpaired) electrons. The first kappa shape index (κ1) is 21.5. The zero-order valence-corrected chi connectivity index (χ0v) is 18.1. The quantitative estimate of drug-likeness (QED) is 0.585. The molecule has 0 aliphatic carbocycles. The number of aryl methyl sites for hydroxylation is 1. The molecule has 0 spiro atoms. The van der Waals surface area contributed by atoms with E-state index in [9.17, 15) is 14.4 Å². The van der Waals surface area contributed by atoms with Crippen LogP contribution in [0.15, 0.2) is 45.9 Å². The number of amides is 2. The lowest BCUT2D eigenvalue weighted by Gasteiger charge is -2.22. The number of aromatic nitrogens is 1. The number of benzene rings is 1. The second-order valence-electron chi connectivity index (χ2n) is 7.87. The second kappa shape index (κ2) is 8.78. The first-order valence-corrected chi connectivity index (χ1v) is 10.5. The van der Waals surface area contributed by atoms with Gasteiger partial charge < -0.3 is 29.1 Å². The number of rotatable bonds is 7. The predicted octanol–water partition coefficient (Wildman–Crippen LogP) is 2.41. The molecule has 3 heterocycles. The van der Waals surface area contributed by atoms with Crippen molar-refractivity contribution in [3.63, 3.8) is 0 Å². The fraction of sp³-hybridized carbons (Fsp3) is 0.348. The Morgan fingerprint density at radius 1 is 1.19 bits per heavy atom. The molecule has 2 aromatic heterocycles. The standard InChI is InChI=1S/C23H25N3O6/c1-4-26-11-16(21(27)15-8-18-19(9-17(15)26)32-12-31-18)22(28)25-20(13(2)3)23(29)24-10-14-6-5-7-30-14/h5-9,11,13,20H,4,10,12H2,1-3H3,(H,24,29)(H,25,28)/t20-/m1/s1. The van der Waals surface area contributed by atoms with E-state index >= 15 is 0 Å². The Hall–Kier alpha value is -3.75. The molecule has 3 aromatic rings. The van der Waals surface area contributed by atoms with Gasteiger partial charge in [-0.05, 0) is 31.0 Å². The normalized spacial score (nSPS) is 13.4. The van der Waals surface area contributed by atoms with Gasteiger partial charge in [0.1, 0.15) is 17.4 Å². The molecule has 0 saturated carbocycles. The molecule has 1 atom stereocenters. The van der Waals surface area contributed by atoms with E-state index < -0.39 is 17.4 Å². The van der Waals surface area contributed by atoms with Crippen molar-refractivity contribution >= 4 is 22.7 Å². The summed E-state index contributed by atoms with van der Waals surface area (Å²) in [6, 6.07) is 5.99. The van der Waals surface area contributed by atoms with Crippen molar-refractivity contribution in [3.8, 4) is 11.5 Å². The van der Waals surface area contributed by atoms with Gasteiger partial charge in [0.2, 0.25) is 18.1 Å². The summed E-state index contributed by atoms with van der Waals surface area (Å²) in [6.07, 6.45) is 3.04. The number of hydrogen-bond donors (Lipinski definition) is 2. The topological polar surface area (TPSA) is 112 Å². The Labute approximate surface area is 184 Å². The number of nitrogens with one attached hydrogen (secondary N) is 2. The van der Waals surface area contributed by atoms with E-state index in [0.29, 0.717) is 34.7 Å². The van der Waals surface area contributed by atoms with E-state index in [1.807, 2.05) is 20.8 Å². The predicted molar refractivity (Wildman–Crippen MR) is 117 cm³/mol. The van der Waals surface area contributed by atoms with E-state index in [0.717, 1.165) is 0 Å². The summed E-state index contributed by atoms with van der Waals surface area (Å²) in [4.78, 5) is 39.0. The van der Waals surface area contributed by atoms with Crippen LogP contribution in [-0.2, 0) is 17.9 Å². The molecule has 1 aromatic carbocycles. The maximum absolute atomic E-state index is 13.2. The Morgan fingerprint density at radius 3 is 2.59 bits per heavy atom. The van der Waals surface area contributed by atoms with Gasteiger partial charge in [-0.2, -0.15) is 0 Å². The van der Waals surface area contributed by atoms with Crippen LogP contribution in [0.2, 0.25) is 0 Å². The molecule has 4 rings (SSSR count). The molecular weight excluding hydrogens is 414 g/mol. The van der Waals surface area contributed by atoms with E-state index in [4.69, 9.17) is 13.9 Å². The summed E-state index contributed by atoms with van der Waals surface area (Å²) in [7, 11) is 0. The highest BCUT2D eigenvalue weighted by Gasteiger charge is 2.27. The third kappa shape index (κ3) is 4.05. The van der Waals surface area contributed by atoms with E-state index in [1.54, 1.807) is 28.8 Å². The SMILES string of the molecule is CCn1cc(C(=O)N[C@@H](C(=O)NCc2ccco2)C(C)C)c(=O)c2cc3c(cc21)OCO3. The molecule has 2 N–H and O–H groups in total. The number of carbonyl (C=O) groups is 2. The molecule has 9 heteroatoms. The zero-order valence-electron chi connectivity index (χ0n) is 18.1. The lowest BCUT2D eigenvalue weighted by Crippen LogP contribution is -2.50. The number of nitrogens with zero attached hydrogens (tertiary/aromatic N) is 1. The molecule has 0 saturated heterocycles. The molecule has 168 valence electrons. The van der Waals surface area contributed by atoms with Crippen molar-refractivity contribution in [1.29, 1.82) is 0 Å². The number of pyridine rings is 1. The van der Waals surface area contributed by atoms with Gasteiger partial charge >= 0.3 is 0 Å². The molecule has 2 amide bonds. The van der Waals surface area contributed by atoms with Gasteiger partial charge in [0.05, 0.1) is 23.7 Å². The highest BCUT2D eigenvalue weighted by atomic mass is 16.7. The molecule has 0 unspecified atom stereocenters. The summed E-state index contributed by atoms with van der Waals surface area (Å²) >= 11 is 0. The van der Waals surface area contributed by atoms with E-state index in [1.165, 1.54) is 12.5 Å². The van der Waals surface area contributed by atoms with Crippen molar-refractivity contribution in [1.82, 2.24) is 15.2 Å². The monoisotopic (exact) mass is 439 g/mol. The van der Waals surface area contributed by atoms with Crippen LogP contribution in [0, 0.1) is 5.92 Å². The number of carbonyl (C=O) groups excluding carboxylic acids is 2. The van der Waals surface area contributed by atoms with Gasteiger partial charge in [0.15, 0.2) is 11.5 Å². The van der Waals surface area contributed by atoms with Crippen LogP contribution < -0.4 is 25.5 Å². The third-order valence-corrected chi connectivity index (χ3v) is 5.41. The molecule has 9 nitrogen and oxygen atoms in total. The lowest BCUT2D eigenvalue weighted by atomic mass is 10.0. The zero-order chi connectivity index (χ0) is 22.8. The van der Waals surface area contributed by atoms with Gasteiger partial charge in [-0.15, -0.1) is 0 Å². The van der Waals surface area contributed by atoms with Crippen molar-refractivity contribution in [2.24, 2.45) is 5.92 Å². The molecule has 0 fully saturated rings. The second-order valence-corrected chi connectivity index (χ2v) is 7.87. The fourth-order valence-electron chi connectivity index (χ4n) is 3.65. The maximum atomic E-state index is 13.2. The number of furan rings is 1. The third-order valence-electron chi connectivity index (χ3n) is 5.41.